The molecular formula is C10H14F3NO3. The lowest BCUT2D eigenvalue weighted by Crippen LogP contribution is -2.54. The van der Waals surface area contributed by atoms with Gasteiger partial charge in [-0.15, -0.1) is 0 Å². The average Bonchev–Trinajstić information content (AvgIpc) is 2.19. The van der Waals surface area contributed by atoms with Crippen LogP contribution < -0.4 is 0 Å². The molecule has 0 aromatic rings. The number of piperidine rings is 1. The molecule has 17 heavy (non-hydrogen) atoms. The van der Waals surface area contributed by atoms with Gasteiger partial charge in [-0.2, -0.15) is 13.2 Å². The van der Waals surface area contributed by atoms with E-state index < -0.39 is 30.0 Å². The summed E-state index contributed by atoms with van der Waals surface area (Å²) in [5, 5.41) is 8.83. The number of aliphatic carboxylic acids is 1. The molecule has 0 radical (unpaired) electrons. The fourth-order valence-corrected chi connectivity index (χ4v) is 2.04. The van der Waals surface area contributed by atoms with E-state index in [0.717, 1.165) is 0 Å². The van der Waals surface area contributed by atoms with Crippen molar-refractivity contribution < 1.29 is 27.9 Å². The van der Waals surface area contributed by atoms with Crippen molar-refractivity contribution in [3.63, 3.8) is 0 Å². The Morgan fingerprint density at radius 3 is 2.24 bits per heavy atom. The zero-order valence-electron chi connectivity index (χ0n) is 9.49. The molecular weight excluding hydrogens is 239 g/mol. The maximum Gasteiger partial charge on any atom is 0.471 e. The minimum Gasteiger partial charge on any atom is -0.481 e. The number of carbonyl (C=O) groups excluding carboxylic acids is 1. The predicted molar refractivity (Wildman–Crippen MR) is 52.1 cm³/mol. The Morgan fingerprint density at radius 1 is 1.29 bits per heavy atom. The van der Waals surface area contributed by atoms with Crippen LogP contribution in [0.15, 0.2) is 0 Å². The van der Waals surface area contributed by atoms with Crippen LogP contribution in [-0.4, -0.2) is 40.6 Å². The molecule has 0 saturated carbocycles. The van der Waals surface area contributed by atoms with E-state index in [0.29, 0.717) is 4.90 Å². The predicted octanol–water partition coefficient (Wildman–Crippen LogP) is 1.51. The van der Waals surface area contributed by atoms with Crippen molar-refractivity contribution in [2.24, 2.45) is 11.8 Å². The molecule has 1 heterocycles. The van der Waals surface area contributed by atoms with Gasteiger partial charge in [-0.1, -0.05) is 6.92 Å². The first kappa shape index (κ1) is 13.8. The second kappa shape index (κ2) is 4.54. The Kier molecular flexibility index (Phi) is 3.68. The summed E-state index contributed by atoms with van der Waals surface area (Å²) in [6.07, 6.45) is -4.66. The van der Waals surface area contributed by atoms with Crippen LogP contribution in [0.4, 0.5) is 13.2 Å². The smallest absolute Gasteiger partial charge is 0.471 e. The van der Waals surface area contributed by atoms with E-state index in [4.69, 9.17) is 5.11 Å². The van der Waals surface area contributed by atoms with Gasteiger partial charge in [-0.3, -0.25) is 9.59 Å². The number of hydrogen-bond acceptors (Lipinski definition) is 2. The van der Waals surface area contributed by atoms with Crippen molar-refractivity contribution >= 4 is 11.9 Å². The normalized spacial score (nSPS) is 30.2. The molecule has 98 valence electrons. The number of carboxylic acid groups (broad SMARTS) is 1. The van der Waals surface area contributed by atoms with Gasteiger partial charge in [0, 0.05) is 12.6 Å². The van der Waals surface area contributed by atoms with E-state index in [-0.39, 0.29) is 18.9 Å². The summed E-state index contributed by atoms with van der Waals surface area (Å²) in [4.78, 5) is 22.6. The highest BCUT2D eigenvalue weighted by Gasteiger charge is 2.47. The Bertz CT molecular complexity index is 329. The van der Waals surface area contributed by atoms with Crippen molar-refractivity contribution in [2.75, 3.05) is 6.54 Å². The third-order valence-corrected chi connectivity index (χ3v) is 3.24. The largest absolute Gasteiger partial charge is 0.481 e. The Labute approximate surface area is 96.4 Å². The van der Waals surface area contributed by atoms with Crippen LogP contribution in [0.1, 0.15) is 20.3 Å². The summed E-state index contributed by atoms with van der Waals surface area (Å²) in [5.41, 5.74) is 0. The summed E-state index contributed by atoms with van der Waals surface area (Å²) in [6, 6.07) is -0.597. The van der Waals surface area contributed by atoms with Crippen LogP contribution in [0.5, 0.6) is 0 Å². The third-order valence-electron chi connectivity index (χ3n) is 3.24. The second-order valence-electron chi connectivity index (χ2n) is 4.44. The van der Waals surface area contributed by atoms with Gasteiger partial charge in [0.15, 0.2) is 0 Å². The molecule has 1 fully saturated rings. The molecule has 1 amide bonds. The zero-order valence-corrected chi connectivity index (χ0v) is 9.49. The van der Waals surface area contributed by atoms with E-state index in [1.54, 1.807) is 6.92 Å². The second-order valence-corrected chi connectivity index (χ2v) is 4.44. The number of likely N-dealkylation sites (tertiary alicyclic amines) is 1. The summed E-state index contributed by atoms with van der Waals surface area (Å²) in [6.45, 7) is 2.78. The number of alkyl halides is 3. The van der Waals surface area contributed by atoms with Gasteiger partial charge in [0.1, 0.15) is 0 Å². The van der Waals surface area contributed by atoms with Crippen molar-refractivity contribution in [1.29, 1.82) is 0 Å². The number of halogens is 3. The van der Waals surface area contributed by atoms with Gasteiger partial charge in [0.05, 0.1) is 5.92 Å². The van der Waals surface area contributed by atoms with Crippen LogP contribution in [0, 0.1) is 11.8 Å². The van der Waals surface area contributed by atoms with Crippen LogP contribution in [-0.2, 0) is 9.59 Å². The van der Waals surface area contributed by atoms with Crippen molar-refractivity contribution in [3.05, 3.63) is 0 Å². The maximum absolute atomic E-state index is 12.3. The quantitative estimate of drug-likeness (QED) is 0.770. The molecule has 1 N–H and O–H groups in total. The maximum atomic E-state index is 12.3. The minimum absolute atomic E-state index is 0.267. The summed E-state index contributed by atoms with van der Waals surface area (Å²) in [5.74, 6) is -4.31. The van der Waals surface area contributed by atoms with E-state index in [9.17, 15) is 22.8 Å². The molecule has 0 spiro atoms. The van der Waals surface area contributed by atoms with Gasteiger partial charge in [-0.25, -0.2) is 0 Å². The van der Waals surface area contributed by atoms with Gasteiger partial charge in [-0.05, 0) is 19.3 Å². The first-order chi connectivity index (χ1) is 7.64. The van der Waals surface area contributed by atoms with Crippen LogP contribution in [0.3, 0.4) is 0 Å². The first-order valence-electron chi connectivity index (χ1n) is 5.25. The number of hydrogen-bond donors (Lipinski definition) is 1. The SMILES string of the molecule is CC1CC(C(=O)O)CN(C(=O)C(F)(F)F)C1C. The first-order valence-corrected chi connectivity index (χ1v) is 5.25. The third kappa shape index (κ3) is 2.89. The van der Waals surface area contributed by atoms with E-state index in [2.05, 4.69) is 0 Å². The molecule has 0 aliphatic carbocycles. The Balaban J connectivity index is 2.89. The van der Waals surface area contributed by atoms with E-state index >= 15 is 0 Å². The molecule has 7 heteroatoms. The monoisotopic (exact) mass is 253 g/mol. The van der Waals surface area contributed by atoms with Gasteiger partial charge < -0.3 is 10.0 Å². The molecule has 3 atom stereocenters. The van der Waals surface area contributed by atoms with Crippen LogP contribution >= 0.6 is 0 Å². The van der Waals surface area contributed by atoms with Crippen LogP contribution in [0.25, 0.3) is 0 Å². The van der Waals surface area contributed by atoms with Crippen LogP contribution in [0.2, 0.25) is 0 Å². The zero-order chi connectivity index (χ0) is 13.4. The Morgan fingerprint density at radius 2 is 1.82 bits per heavy atom. The average molecular weight is 253 g/mol. The summed E-state index contributed by atoms with van der Waals surface area (Å²) >= 11 is 0. The molecule has 1 aliphatic rings. The lowest BCUT2D eigenvalue weighted by molar-refractivity contribution is -0.191. The fraction of sp³-hybridized carbons (Fsp3) is 0.800. The highest BCUT2D eigenvalue weighted by molar-refractivity contribution is 5.83. The van der Waals surface area contributed by atoms with Crippen molar-refractivity contribution in [2.45, 2.75) is 32.5 Å². The standard InChI is InChI=1S/C10H14F3NO3/c1-5-3-7(8(15)16)4-14(6(5)2)9(17)10(11,12)13/h5-7H,3-4H2,1-2H3,(H,15,16). The van der Waals surface area contributed by atoms with E-state index in [1.807, 2.05) is 0 Å². The van der Waals surface area contributed by atoms with E-state index in [1.165, 1.54) is 6.92 Å². The molecule has 1 aliphatic heterocycles. The molecule has 0 aromatic carbocycles. The lowest BCUT2D eigenvalue weighted by Gasteiger charge is -2.40. The molecule has 4 nitrogen and oxygen atoms in total. The van der Waals surface area contributed by atoms with Crippen molar-refractivity contribution in [1.82, 2.24) is 4.90 Å². The lowest BCUT2D eigenvalue weighted by atomic mass is 9.85. The van der Waals surface area contributed by atoms with Gasteiger partial charge >= 0.3 is 18.1 Å². The minimum atomic E-state index is -4.95. The molecule has 1 rings (SSSR count). The number of carboxylic acids is 1. The van der Waals surface area contributed by atoms with Gasteiger partial charge in [0.25, 0.3) is 0 Å². The van der Waals surface area contributed by atoms with Crippen molar-refractivity contribution in [3.8, 4) is 0 Å². The highest BCUT2D eigenvalue weighted by atomic mass is 19.4. The molecule has 3 unspecified atom stereocenters. The number of amides is 1. The topological polar surface area (TPSA) is 57.6 Å². The highest BCUT2D eigenvalue weighted by Crippen LogP contribution is 2.30. The number of carbonyl (C=O) groups is 2. The fourth-order valence-electron chi connectivity index (χ4n) is 2.04. The summed E-state index contributed by atoms with van der Waals surface area (Å²) in [7, 11) is 0. The molecule has 0 aromatic heterocycles. The van der Waals surface area contributed by atoms with Gasteiger partial charge in [0.2, 0.25) is 0 Å². The summed E-state index contributed by atoms with van der Waals surface area (Å²) < 4.78 is 37.0. The number of nitrogens with zero attached hydrogens (tertiary/aromatic N) is 1. The Hall–Kier alpha value is -1.27. The molecule has 0 bridgehead atoms. The number of rotatable bonds is 1. The molecule has 1 saturated heterocycles.